The quantitative estimate of drug-likeness (QED) is 0.511. The molecule has 0 saturated heterocycles. The molecule has 0 fully saturated rings. The van der Waals surface area contributed by atoms with E-state index < -0.39 is 6.04 Å². The second kappa shape index (κ2) is 6.22. The maximum absolute atomic E-state index is 11.5. The van der Waals surface area contributed by atoms with Crippen LogP contribution in [0.2, 0.25) is 0 Å². The molecule has 0 aliphatic carbocycles. The summed E-state index contributed by atoms with van der Waals surface area (Å²) in [6.07, 6.45) is 1.41. The maximum atomic E-state index is 11.5. The molecular weight excluding hydrogens is 194 g/mol. The van der Waals surface area contributed by atoms with Gasteiger partial charge in [0.1, 0.15) is 6.04 Å². The number of nitrogens with zero attached hydrogens (tertiary/aromatic N) is 1. The standard InChI is InChI=1S/C11H19NO3/c1-6-7-12(10(5)13)9(4)11(14)15-8(2)3/h6,8-9H,1,7H2,2-5H3. The van der Waals surface area contributed by atoms with Crippen LogP contribution in [-0.4, -0.2) is 35.5 Å². The van der Waals surface area contributed by atoms with Crippen LogP contribution < -0.4 is 0 Å². The highest BCUT2D eigenvalue weighted by molar-refractivity contribution is 5.83. The molecule has 4 nitrogen and oxygen atoms in total. The van der Waals surface area contributed by atoms with Gasteiger partial charge in [-0.2, -0.15) is 0 Å². The van der Waals surface area contributed by atoms with Crippen LogP contribution in [0.5, 0.6) is 0 Å². The highest BCUT2D eigenvalue weighted by Gasteiger charge is 2.24. The van der Waals surface area contributed by atoms with Crippen LogP contribution in [0, 0.1) is 0 Å². The Bertz CT molecular complexity index is 248. The van der Waals surface area contributed by atoms with Gasteiger partial charge in [0, 0.05) is 13.5 Å². The van der Waals surface area contributed by atoms with Crippen molar-refractivity contribution in [1.29, 1.82) is 0 Å². The lowest BCUT2D eigenvalue weighted by molar-refractivity contribution is -0.156. The van der Waals surface area contributed by atoms with Crippen LogP contribution in [0.25, 0.3) is 0 Å². The highest BCUT2D eigenvalue weighted by atomic mass is 16.5. The first kappa shape index (κ1) is 13.7. The molecule has 0 rings (SSSR count). The number of hydrogen-bond donors (Lipinski definition) is 0. The maximum Gasteiger partial charge on any atom is 0.328 e. The summed E-state index contributed by atoms with van der Waals surface area (Å²) >= 11 is 0. The summed E-state index contributed by atoms with van der Waals surface area (Å²) in [5, 5.41) is 0. The van der Waals surface area contributed by atoms with E-state index in [0.29, 0.717) is 6.54 Å². The van der Waals surface area contributed by atoms with E-state index in [1.165, 1.54) is 11.8 Å². The molecule has 15 heavy (non-hydrogen) atoms. The normalized spacial score (nSPS) is 12.1. The summed E-state index contributed by atoms with van der Waals surface area (Å²) in [6, 6.07) is -0.567. The Morgan fingerprint density at radius 1 is 1.40 bits per heavy atom. The van der Waals surface area contributed by atoms with Crippen molar-refractivity contribution in [2.24, 2.45) is 0 Å². The minimum Gasteiger partial charge on any atom is -0.461 e. The van der Waals surface area contributed by atoms with Gasteiger partial charge >= 0.3 is 5.97 Å². The predicted octanol–water partition coefficient (Wildman–Crippen LogP) is 1.36. The molecule has 0 aromatic heterocycles. The molecule has 0 aromatic carbocycles. The number of carbonyl (C=O) groups excluding carboxylic acids is 2. The highest BCUT2D eigenvalue weighted by Crippen LogP contribution is 2.04. The smallest absolute Gasteiger partial charge is 0.328 e. The van der Waals surface area contributed by atoms with Crippen LogP contribution in [-0.2, 0) is 14.3 Å². The van der Waals surface area contributed by atoms with E-state index in [1.807, 2.05) is 0 Å². The van der Waals surface area contributed by atoms with E-state index >= 15 is 0 Å². The summed E-state index contributed by atoms with van der Waals surface area (Å²) in [5.41, 5.74) is 0. The molecular formula is C11H19NO3. The molecule has 0 aliphatic heterocycles. The minimum absolute atomic E-state index is 0.164. The van der Waals surface area contributed by atoms with Crippen LogP contribution >= 0.6 is 0 Å². The number of hydrogen-bond acceptors (Lipinski definition) is 3. The van der Waals surface area contributed by atoms with E-state index in [0.717, 1.165) is 0 Å². The van der Waals surface area contributed by atoms with Gasteiger partial charge < -0.3 is 9.64 Å². The second-order valence-corrected chi connectivity index (χ2v) is 3.62. The molecule has 4 heteroatoms. The lowest BCUT2D eigenvalue weighted by Crippen LogP contribution is -2.43. The van der Waals surface area contributed by atoms with E-state index in [-0.39, 0.29) is 18.0 Å². The Hall–Kier alpha value is -1.32. The molecule has 86 valence electrons. The number of rotatable bonds is 5. The van der Waals surface area contributed by atoms with Crippen molar-refractivity contribution in [3.63, 3.8) is 0 Å². The zero-order valence-electron chi connectivity index (χ0n) is 9.82. The van der Waals surface area contributed by atoms with Gasteiger partial charge in [-0.1, -0.05) is 6.08 Å². The molecule has 0 aliphatic rings. The molecule has 0 saturated carbocycles. The SMILES string of the molecule is C=CCN(C(C)=O)C(C)C(=O)OC(C)C. The van der Waals surface area contributed by atoms with E-state index in [2.05, 4.69) is 6.58 Å². The minimum atomic E-state index is -0.567. The van der Waals surface area contributed by atoms with Gasteiger partial charge in [-0.3, -0.25) is 4.79 Å². The fourth-order valence-electron chi connectivity index (χ4n) is 1.16. The number of carbonyl (C=O) groups is 2. The van der Waals surface area contributed by atoms with Gasteiger partial charge in [0.25, 0.3) is 0 Å². The zero-order chi connectivity index (χ0) is 12.0. The third kappa shape index (κ3) is 4.63. The number of esters is 1. The average Bonchev–Trinajstić information content (AvgIpc) is 2.11. The van der Waals surface area contributed by atoms with Gasteiger partial charge in [0.05, 0.1) is 6.10 Å². The van der Waals surface area contributed by atoms with Crippen LogP contribution in [0.1, 0.15) is 27.7 Å². The predicted molar refractivity (Wildman–Crippen MR) is 58.3 cm³/mol. The summed E-state index contributed by atoms with van der Waals surface area (Å²) in [7, 11) is 0. The summed E-state index contributed by atoms with van der Waals surface area (Å²) < 4.78 is 5.02. The van der Waals surface area contributed by atoms with Crippen molar-refractivity contribution in [3.8, 4) is 0 Å². The van der Waals surface area contributed by atoms with Gasteiger partial charge in [-0.15, -0.1) is 6.58 Å². The Labute approximate surface area is 90.9 Å². The monoisotopic (exact) mass is 213 g/mol. The molecule has 0 N–H and O–H groups in total. The molecule has 1 amide bonds. The first-order valence-corrected chi connectivity index (χ1v) is 4.98. The van der Waals surface area contributed by atoms with Crippen LogP contribution in [0.15, 0.2) is 12.7 Å². The van der Waals surface area contributed by atoms with Crippen LogP contribution in [0.3, 0.4) is 0 Å². The summed E-state index contributed by atoms with van der Waals surface area (Å²) in [4.78, 5) is 24.2. The van der Waals surface area contributed by atoms with E-state index in [9.17, 15) is 9.59 Å². The Balaban J connectivity index is 4.48. The lowest BCUT2D eigenvalue weighted by Gasteiger charge is -2.26. The summed E-state index contributed by atoms with van der Waals surface area (Å²) in [6.45, 7) is 10.5. The van der Waals surface area contributed by atoms with E-state index in [4.69, 9.17) is 4.74 Å². The molecule has 1 atom stereocenters. The number of ether oxygens (including phenoxy) is 1. The number of amides is 1. The second-order valence-electron chi connectivity index (χ2n) is 3.62. The third-order valence-corrected chi connectivity index (χ3v) is 1.89. The largest absolute Gasteiger partial charge is 0.461 e. The fraction of sp³-hybridized carbons (Fsp3) is 0.636. The molecule has 0 bridgehead atoms. The molecule has 0 heterocycles. The Morgan fingerprint density at radius 3 is 2.27 bits per heavy atom. The van der Waals surface area contributed by atoms with Crippen molar-refractivity contribution in [2.75, 3.05) is 6.54 Å². The molecule has 0 radical (unpaired) electrons. The summed E-state index contributed by atoms with van der Waals surface area (Å²) in [5.74, 6) is -0.551. The van der Waals surface area contributed by atoms with Crippen molar-refractivity contribution < 1.29 is 14.3 Å². The van der Waals surface area contributed by atoms with Gasteiger partial charge in [0.2, 0.25) is 5.91 Å². The van der Waals surface area contributed by atoms with E-state index in [1.54, 1.807) is 26.8 Å². The van der Waals surface area contributed by atoms with Crippen molar-refractivity contribution >= 4 is 11.9 Å². The van der Waals surface area contributed by atoms with Gasteiger partial charge in [-0.25, -0.2) is 4.79 Å². The lowest BCUT2D eigenvalue weighted by atomic mass is 10.2. The van der Waals surface area contributed by atoms with Crippen molar-refractivity contribution in [1.82, 2.24) is 4.90 Å². The van der Waals surface area contributed by atoms with Crippen molar-refractivity contribution in [3.05, 3.63) is 12.7 Å². The Kier molecular flexibility index (Phi) is 5.67. The molecule has 0 aromatic rings. The Morgan fingerprint density at radius 2 is 1.93 bits per heavy atom. The zero-order valence-corrected chi connectivity index (χ0v) is 9.82. The molecule has 1 unspecified atom stereocenters. The first-order valence-electron chi connectivity index (χ1n) is 4.98. The fourth-order valence-corrected chi connectivity index (χ4v) is 1.16. The van der Waals surface area contributed by atoms with Crippen molar-refractivity contribution in [2.45, 2.75) is 39.8 Å². The van der Waals surface area contributed by atoms with Gasteiger partial charge in [-0.05, 0) is 20.8 Å². The van der Waals surface area contributed by atoms with Gasteiger partial charge in [0.15, 0.2) is 0 Å². The molecule has 0 spiro atoms. The average molecular weight is 213 g/mol. The first-order chi connectivity index (χ1) is 6.90. The van der Waals surface area contributed by atoms with Crippen LogP contribution in [0.4, 0.5) is 0 Å². The topological polar surface area (TPSA) is 46.6 Å². The third-order valence-electron chi connectivity index (χ3n) is 1.89.